The third kappa shape index (κ3) is 3.56. The van der Waals surface area contributed by atoms with Crippen LogP contribution >= 0.6 is 0 Å². The van der Waals surface area contributed by atoms with Gasteiger partial charge >= 0.3 is 0 Å². The van der Waals surface area contributed by atoms with Crippen molar-refractivity contribution in [3.63, 3.8) is 0 Å². The highest BCUT2D eigenvalue weighted by atomic mass is 16.5. The zero-order valence-electron chi connectivity index (χ0n) is 14.6. The van der Waals surface area contributed by atoms with E-state index in [1.165, 1.54) is 0 Å². The number of allylic oxidation sites excluding steroid dienone is 1. The highest BCUT2D eigenvalue weighted by molar-refractivity contribution is 6.00. The first kappa shape index (κ1) is 16.4. The van der Waals surface area contributed by atoms with Crippen LogP contribution in [0.3, 0.4) is 0 Å². The van der Waals surface area contributed by atoms with Gasteiger partial charge in [-0.3, -0.25) is 15.2 Å². The van der Waals surface area contributed by atoms with Gasteiger partial charge in [-0.25, -0.2) is 5.01 Å². The van der Waals surface area contributed by atoms with E-state index in [2.05, 4.69) is 44.2 Å². The average molecular weight is 317 g/mol. The van der Waals surface area contributed by atoms with Crippen LogP contribution in [0.15, 0.2) is 28.5 Å². The lowest BCUT2D eigenvalue weighted by Crippen LogP contribution is -2.60. The van der Waals surface area contributed by atoms with E-state index >= 15 is 0 Å². The SMILES string of the molecule is CCCC(C)NN1CC(C)(C)N=C2CC3=CC(=O)COC3=CC21. The maximum absolute atomic E-state index is 11.6. The summed E-state index contributed by atoms with van der Waals surface area (Å²) >= 11 is 0. The number of rotatable bonds is 4. The molecular weight excluding hydrogens is 290 g/mol. The van der Waals surface area contributed by atoms with Crippen LogP contribution in [0, 0.1) is 0 Å². The van der Waals surface area contributed by atoms with Crippen molar-refractivity contribution < 1.29 is 9.53 Å². The number of nitrogens with one attached hydrogen (secondary N) is 1. The molecule has 23 heavy (non-hydrogen) atoms. The summed E-state index contributed by atoms with van der Waals surface area (Å²) in [6.45, 7) is 9.75. The summed E-state index contributed by atoms with van der Waals surface area (Å²) < 4.78 is 5.63. The second-order valence-corrected chi connectivity index (χ2v) is 7.44. The Morgan fingerprint density at radius 3 is 3.04 bits per heavy atom. The smallest absolute Gasteiger partial charge is 0.193 e. The zero-order chi connectivity index (χ0) is 16.6. The predicted octanol–water partition coefficient (Wildman–Crippen LogP) is 2.40. The van der Waals surface area contributed by atoms with E-state index < -0.39 is 0 Å². The van der Waals surface area contributed by atoms with Crippen LogP contribution in [0.4, 0.5) is 0 Å². The topological polar surface area (TPSA) is 53.9 Å². The summed E-state index contributed by atoms with van der Waals surface area (Å²) in [5.74, 6) is 0.890. The molecule has 5 nitrogen and oxygen atoms in total. The molecule has 0 bridgehead atoms. The summed E-state index contributed by atoms with van der Waals surface area (Å²) in [6, 6.07) is 0.544. The number of fused-ring (bicyclic) bond motifs is 2. The fraction of sp³-hybridized carbons (Fsp3) is 0.667. The van der Waals surface area contributed by atoms with E-state index in [1.807, 2.05) is 0 Å². The summed E-state index contributed by atoms with van der Waals surface area (Å²) in [5, 5.41) is 2.30. The lowest BCUT2D eigenvalue weighted by atomic mass is 9.88. The molecule has 0 saturated heterocycles. The quantitative estimate of drug-likeness (QED) is 0.865. The van der Waals surface area contributed by atoms with Gasteiger partial charge in [-0.1, -0.05) is 13.3 Å². The first-order valence-electron chi connectivity index (χ1n) is 8.58. The van der Waals surface area contributed by atoms with Crippen LogP contribution < -0.4 is 5.43 Å². The van der Waals surface area contributed by atoms with Crippen molar-refractivity contribution in [2.45, 2.75) is 64.6 Å². The number of hydrogen-bond acceptors (Lipinski definition) is 5. The lowest BCUT2D eigenvalue weighted by Gasteiger charge is -2.44. The molecule has 0 radical (unpaired) electrons. The van der Waals surface area contributed by atoms with Crippen molar-refractivity contribution >= 4 is 11.5 Å². The van der Waals surface area contributed by atoms with Crippen LogP contribution in [0.5, 0.6) is 0 Å². The molecule has 3 aliphatic rings. The number of hydrogen-bond donors (Lipinski definition) is 1. The van der Waals surface area contributed by atoms with Crippen molar-refractivity contribution in [1.82, 2.24) is 10.4 Å². The Kier molecular flexibility index (Phi) is 4.43. The van der Waals surface area contributed by atoms with Crippen molar-refractivity contribution in [2.24, 2.45) is 4.99 Å². The molecule has 2 unspecified atom stereocenters. The Hall–Kier alpha value is -1.46. The molecule has 0 saturated carbocycles. The van der Waals surface area contributed by atoms with Gasteiger partial charge in [0, 0.05) is 30.3 Å². The van der Waals surface area contributed by atoms with Crippen LogP contribution in [-0.4, -0.2) is 47.3 Å². The van der Waals surface area contributed by atoms with Gasteiger partial charge in [0.2, 0.25) is 0 Å². The first-order chi connectivity index (χ1) is 10.9. The molecule has 0 spiro atoms. The lowest BCUT2D eigenvalue weighted by molar-refractivity contribution is -0.118. The molecule has 0 aromatic carbocycles. The normalized spacial score (nSPS) is 27.9. The maximum atomic E-state index is 11.6. The molecule has 1 N–H and O–H groups in total. The number of ether oxygens (including phenoxy) is 1. The predicted molar refractivity (Wildman–Crippen MR) is 91.3 cm³/mol. The number of hydrazine groups is 1. The molecule has 126 valence electrons. The minimum atomic E-state index is -0.129. The van der Waals surface area contributed by atoms with Crippen LogP contribution in [0.2, 0.25) is 0 Å². The molecule has 0 fully saturated rings. The van der Waals surface area contributed by atoms with E-state index in [0.717, 1.165) is 36.4 Å². The van der Waals surface area contributed by atoms with Gasteiger partial charge in [0.05, 0.1) is 11.6 Å². The molecule has 2 aliphatic heterocycles. The number of aliphatic imine (C=N–C) groups is 1. The molecule has 1 aliphatic carbocycles. The second kappa shape index (κ2) is 6.21. The Labute approximate surface area is 138 Å². The molecule has 3 rings (SSSR count). The average Bonchev–Trinajstić information content (AvgIpc) is 2.44. The fourth-order valence-corrected chi connectivity index (χ4v) is 3.60. The standard InChI is InChI=1S/C18H27N3O2/c1-5-6-12(2)20-21-11-18(3,4)19-15-8-13-7-14(22)10-23-17(13)9-16(15)21/h7,9,12,16,20H,5-6,8,10-11H2,1-4H3. The molecule has 5 heteroatoms. The van der Waals surface area contributed by atoms with Gasteiger partial charge in [0.1, 0.15) is 5.76 Å². The minimum Gasteiger partial charge on any atom is -0.485 e. The summed E-state index contributed by atoms with van der Waals surface area (Å²) in [7, 11) is 0. The molecule has 0 amide bonds. The van der Waals surface area contributed by atoms with Gasteiger partial charge in [-0.15, -0.1) is 0 Å². The van der Waals surface area contributed by atoms with Crippen LogP contribution in [-0.2, 0) is 9.53 Å². The van der Waals surface area contributed by atoms with E-state index in [1.54, 1.807) is 6.08 Å². The number of ketones is 1. The first-order valence-corrected chi connectivity index (χ1v) is 8.58. The van der Waals surface area contributed by atoms with Gasteiger partial charge in [-0.05, 0) is 39.3 Å². The fourth-order valence-electron chi connectivity index (χ4n) is 3.60. The summed E-state index contributed by atoms with van der Waals surface area (Å²) in [6.07, 6.45) is 6.83. The van der Waals surface area contributed by atoms with Crippen molar-refractivity contribution in [3.8, 4) is 0 Å². The Bertz CT molecular complexity index is 589. The van der Waals surface area contributed by atoms with E-state index in [9.17, 15) is 4.79 Å². The largest absolute Gasteiger partial charge is 0.485 e. The Morgan fingerprint density at radius 2 is 2.30 bits per heavy atom. The highest BCUT2D eigenvalue weighted by Crippen LogP contribution is 2.32. The number of carbonyl (C=O) groups is 1. The van der Waals surface area contributed by atoms with Gasteiger partial charge < -0.3 is 4.74 Å². The third-order valence-electron chi connectivity index (χ3n) is 4.49. The Morgan fingerprint density at radius 1 is 1.52 bits per heavy atom. The maximum Gasteiger partial charge on any atom is 0.193 e. The third-order valence-corrected chi connectivity index (χ3v) is 4.49. The minimum absolute atomic E-state index is 0.0396. The second-order valence-electron chi connectivity index (χ2n) is 7.44. The van der Waals surface area contributed by atoms with Crippen molar-refractivity contribution in [1.29, 1.82) is 0 Å². The van der Waals surface area contributed by atoms with Crippen LogP contribution in [0.1, 0.15) is 47.0 Å². The van der Waals surface area contributed by atoms with Crippen molar-refractivity contribution in [2.75, 3.05) is 13.2 Å². The van der Waals surface area contributed by atoms with E-state index in [4.69, 9.17) is 9.73 Å². The zero-order valence-corrected chi connectivity index (χ0v) is 14.6. The number of carbonyl (C=O) groups excluding carboxylic acids is 1. The van der Waals surface area contributed by atoms with E-state index in [0.29, 0.717) is 12.5 Å². The van der Waals surface area contributed by atoms with Gasteiger partial charge in [-0.2, -0.15) is 0 Å². The van der Waals surface area contributed by atoms with Crippen LogP contribution in [0.25, 0.3) is 0 Å². The highest BCUT2D eigenvalue weighted by Gasteiger charge is 2.39. The van der Waals surface area contributed by atoms with Crippen molar-refractivity contribution in [3.05, 3.63) is 23.5 Å². The monoisotopic (exact) mass is 317 g/mol. The summed E-state index contributed by atoms with van der Waals surface area (Å²) in [5.41, 5.74) is 5.60. The molecular formula is C18H27N3O2. The molecule has 2 heterocycles. The van der Waals surface area contributed by atoms with Gasteiger partial charge in [0.25, 0.3) is 0 Å². The Balaban J connectivity index is 1.89. The number of nitrogens with zero attached hydrogens (tertiary/aromatic N) is 2. The van der Waals surface area contributed by atoms with Gasteiger partial charge in [0.15, 0.2) is 12.4 Å². The molecule has 2 atom stereocenters. The molecule has 0 aromatic heterocycles. The summed E-state index contributed by atoms with van der Waals surface area (Å²) in [4.78, 5) is 16.5. The van der Waals surface area contributed by atoms with E-state index in [-0.39, 0.29) is 24.0 Å². The molecule has 0 aromatic rings.